The fourth-order valence-electron chi connectivity index (χ4n) is 2.11. The molecule has 0 saturated carbocycles. The number of benzene rings is 2. The lowest BCUT2D eigenvalue weighted by molar-refractivity contribution is 1.28. The molecule has 0 saturated heterocycles. The van der Waals surface area contributed by atoms with Crippen LogP contribution in [-0.2, 0) is 0 Å². The van der Waals surface area contributed by atoms with Crippen LogP contribution in [0.5, 0.6) is 0 Å². The summed E-state index contributed by atoms with van der Waals surface area (Å²) in [6.07, 6.45) is 0. The molecule has 0 amide bonds. The predicted octanol–water partition coefficient (Wildman–Crippen LogP) is 5.77. The highest BCUT2D eigenvalue weighted by Gasteiger charge is 2.11. The van der Waals surface area contributed by atoms with Crippen LogP contribution in [0.4, 0.5) is 5.69 Å². The van der Waals surface area contributed by atoms with E-state index in [-0.39, 0.29) is 5.71 Å². The molecule has 0 spiro atoms. The van der Waals surface area contributed by atoms with E-state index in [4.69, 9.17) is 23.2 Å². The number of hydrazone groups is 1. The van der Waals surface area contributed by atoms with E-state index in [9.17, 15) is 5.26 Å². The van der Waals surface area contributed by atoms with E-state index in [0.717, 1.165) is 22.5 Å². The van der Waals surface area contributed by atoms with Crippen molar-refractivity contribution in [2.45, 2.75) is 6.92 Å². The van der Waals surface area contributed by atoms with E-state index in [0.29, 0.717) is 15.1 Å². The summed E-state index contributed by atoms with van der Waals surface area (Å²) in [5.41, 5.74) is 6.58. The Morgan fingerprint density at radius 3 is 2.72 bits per heavy atom. The second kappa shape index (κ2) is 7.66. The molecule has 124 valence electrons. The first-order chi connectivity index (χ1) is 12.1. The van der Waals surface area contributed by atoms with Crippen LogP contribution >= 0.6 is 34.5 Å². The Hall–Kier alpha value is -2.39. The lowest BCUT2D eigenvalue weighted by Crippen LogP contribution is -2.02. The van der Waals surface area contributed by atoms with Crippen LogP contribution in [0.25, 0.3) is 11.3 Å². The van der Waals surface area contributed by atoms with Gasteiger partial charge in [-0.3, -0.25) is 5.43 Å². The lowest BCUT2D eigenvalue weighted by atomic mass is 10.2. The van der Waals surface area contributed by atoms with Crippen LogP contribution < -0.4 is 5.43 Å². The number of thiazole rings is 1. The fourth-order valence-corrected chi connectivity index (χ4v) is 3.17. The number of hydrogen-bond acceptors (Lipinski definition) is 5. The maximum absolute atomic E-state index is 9.39. The minimum Gasteiger partial charge on any atom is -0.277 e. The molecule has 7 heteroatoms. The molecule has 3 aromatic rings. The zero-order valence-electron chi connectivity index (χ0n) is 13.1. The fraction of sp³-hybridized carbons (Fsp3) is 0.0556. The van der Waals surface area contributed by atoms with E-state index >= 15 is 0 Å². The molecule has 1 N–H and O–H groups in total. The van der Waals surface area contributed by atoms with Gasteiger partial charge in [0, 0.05) is 10.9 Å². The van der Waals surface area contributed by atoms with Crippen LogP contribution in [-0.4, -0.2) is 10.7 Å². The monoisotopic (exact) mass is 386 g/mol. The van der Waals surface area contributed by atoms with Gasteiger partial charge < -0.3 is 0 Å². The molecule has 0 atom stereocenters. The van der Waals surface area contributed by atoms with Crippen LogP contribution in [0.2, 0.25) is 10.0 Å². The van der Waals surface area contributed by atoms with Gasteiger partial charge in [0.05, 0.1) is 21.4 Å². The van der Waals surface area contributed by atoms with E-state index in [1.807, 2.05) is 42.6 Å². The molecule has 3 rings (SSSR count). The third-order valence-corrected chi connectivity index (χ3v) is 5.05. The Morgan fingerprint density at radius 2 is 2.00 bits per heavy atom. The van der Waals surface area contributed by atoms with Gasteiger partial charge in [0.1, 0.15) is 6.07 Å². The molecule has 0 aliphatic rings. The summed E-state index contributed by atoms with van der Waals surface area (Å²) in [5.74, 6) is 0. The van der Waals surface area contributed by atoms with Gasteiger partial charge in [-0.15, -0.1) is 11.3 Å². The number of nitrogens with zero attached hydrogens (tertiary/aromatic N) is 3. The van der Waals surface area contributed by atoms with Crippen LogP contribution in [0.1, 0.15) is 10.6 Å². The van der Waals surface area contributed by atoms with E-state index in [1.165, 1.54) is 11.3 Å². The molecule has 0 unspecified atom stereocenters. The van der Waals surface area contributed by atoms with Crippen LogP contribution in [0.3, 0.4) is 0 Å². The first-order valence-corrected chi connectivity index (χ1v) is 8.93. The van der Waals surface area contributed by atoms with E-state index < -0.39 is 0 Å². The quantitative estimate of drug-likeness (QED) is 0.457. The van der Waals surface area contributed by atoms with Gasteiger partial charge in [0.2, 0.25) is 0 Å². The largest absolute Gasteiger partial charge is 0.277 e. The molecule has 0 fully saturated rings. The first-order valence-electron chi connectivity index (χ1n) is 7.29. The molecule has 25 heavy (non-hydrogen) atoms. The van der Waals surface area contributed by atoms with Crippen molar-refractivity contribution in [3.05, 3.63) is 68.5 Å². The minimum atomic E-state index is 0.222. The van der Waals surface area contributed by atoms with Gasteiger partial charge >= 0.3 is 0 Å². The second-order valence-electron chi connectivity index (χ2n) is 5.17. The highest BCUT2D eigenvalue weighted by Crippen LogP contribution is 2.29. The Balaban J connectivity index is 1.86. The summed E-state index contributed by atoms with van der Waals surface area (Å²) in [5, 5.41) is 16.9. The number of aromatic nitrogens is 1. The molecule has 4 nitrogen and oxygen atoms in total. The SMILES string of the molecule is Cc1ccccc1NN=C(C#N)c1nc(-c2ccc(Cl)c(Cl)c2)cs1. The smallest absolute Gasteiger partial charge is 0.196 e. The number of hydrogen-bond donors (Lipinski definition) is 1. The predicted molar refractivity (Wildman–Crippen MR) is 105 cm³/mol. The number of nitriles is 1. The standard InChI is InChI=1S/C18H12Cl2N4S/c1-11-4-2-3-5-15(11)23-24-16(9-21)18-22-17(10-25-18)12-6-7-13(19)14(20)8-12/h2-8,10,23H,1H3. The van der Waals surface area contributed by atoms with Gasteiger partial charge in [-0.2, -0.15) is 10.4 Å². The number of para-hydroxylation sites is 1. The molecule has 1 heterocycles. The van der Waals surface area contributed by atoms with Crippen molar-refractivity contribution in [2.24, 2.45) is 5.10 Å². The number of halogens is 2. The Kier molecular flexibility index (Phi) is 5.34. The molecule has 0 radical (unpaired) electrons. The molecule has 2 aromatic carbocycles. The zero-order valence-corrected chi connectivity index (χ0v) is 15.5. The summed E-state index contributed by atoms with van der Waals surface area (Å²) >= 11 is 13.3. The molecule has 0 bridgehead atoms. The zero-order chi connectivity index (χ0) is 17.8. The first kappa shape index (κ1) is 17.4. The Bertz CT molecular complexity index is 989. The highest BCUT2D eigenvalue weighted by atomic mass is 35.5. The highest BCUT2D eigenvalue weighted by molar-refractivity contribution is 7.12. The maximum Gasteiger partial charge on any atom is 0.196 e. The van der Waals surface area contributed by atoms with E-state index in [1.54, 1.807) is 12.1 Å². The van der Waals surface area contributed by atoms with Gasteiger partial charge in [-0.25, -0.2) is 4.98 Å². The van der Waals surface area contributed by atoms with Gasteiger partial charge in [0.25, 0.3) is 0 Å². The summed E-state index contributed by atoms with van der Waals surface area (Å²) in [4.78, 5) is 4.48. The normalized spacial score (nSPS) is 11.2. The molecule has 1 aromatic heterocycles. The van der Waals surface area contributed by atoms with E-state index in [2.05, 4.69) is 21.6 Å². The van der Waals surface area contributed by atoms with Crippen molar-refractivity contribution in [1.29, 1.82) is 5.26 Å². The molecule has 0 aliphatic heterocycles. The van der Waals surface area contributed by atoms with Crippen molar-refractivity contribution in [2.75, 3.05) is 5.43 Å². The average molecular weight is 387 g/mol. The summed E-state index contributed by atoms with van der Waals surface area (Å²) < 4.78 is 0. The number of anilines is 1. The Morgan fingerprint density at radius 1 is 1.20 bits per heavy atom. The average Bonchev–Trinajstić information content (AvgIpc) is 3.09. The van der Waals surface area contributed by atoms with Crippen LogP contribution in [0.15, 0.2) is 52.9 Å². The number of rotatable bonds is 4. The molecular formula is C18H12Cl2N4S. The van der Waals surface area contributed by atoms with Crippen molar-refractivity contribution in [3.63, 3.8) is 0 Å². The van der Waals surface area contributed by atoms with Crippen molar-refractivity contribution in [1.82, 2.24) is 4.98 Å². The summed E-state index contributed by atoms with van der Waals surface area (Å²) in [6.45, 7) is 1.97. The second-order valence-corrected chi connectivity index (χ2v) is 6.84. The minimum absolute atomic E-state index is 0.222. The van der Waals surface area contributed by atoms with Gasteiger partial charge in [-0.05, 0) is 30.7 Å². The van der Waals surface area contributed by atoms with Crippen molar-refractivity contribution >= 4 is 45.9 Å². The number of nitrogens with one attached hydrogen (secondary N) is 1. The maximum atomic E-state index is 9.39. The van der Waals surface area contributed by atoms with Crippen molar-refractivity contribution in [3.8, 4) is 17.3 Å². The lowest BCUT2D eigenvalue weighted by Gasteiger charge is -2.03. The summed E-state index contributed by atoms with van der Waals surface area (Å²) in [6, 6.07) is 15.1. The number of aryl methyl sites for hydroxylation is 1. The van der Waals surface area contributed by atoms with Gasteiger partial charge in [-0.1, -0.05) is 47.5 Å². The summed E-state index contributed by atoms with van der Waals surface area (Å²) in [7, 11) is 0. The topological polar surface area (TPSA) is 61.1 Å². The van der Waals surface area contributed by atoms with Gasteiger partial charge in [0.15, 0.2) is 10.7 Å². The Labute approximate surface area is 159 Å². The third kappa shape index (κ3) is 3.99. The molecule has 0 aliphatic carbocycles. The van der Waals surface area contributed by atoms with Crippen molar-refractivity contribution < 1.29 is 0 Å². The molecular weight excluding hydrogens is 375 g/mol. The van der Waals surface area contributed by atoms with Crippen LogP contribution in [0, 0.1) is 18.3 Å². The third-order valence-electron chi connectivity index (χ3n) is 3.46.